The first-order valence-electron chi connectivity index (χ1n) is 6.26. The Kier molecular flexibility index (Phi) is 4.11. The number of methoxy groups -OCH3 is 1. The summed E-state index contributed by atoms with van der Waals surface area (Å²) in [6.45, 7) is 4.13. The lowest BCUT2D eigenvalue weighted by molar-refractivity contribution is 0.387. The van der Waals surface area contributed by atoms with Gasteiger partial charge in [-0.3, -0.25) is 0 Å². The van der Waals surface area contributed by atoms with E-state index in [-0.39, 0.29) is 12.1 Å². The molecule has 2 heterocycles. The first-order valence-corrected chi connectivity index (χ1v) is 6.26. The molecule has 0 aliphatic heterocycles. The zero-order chi connectivity index (χ0) is 13.8. The van der Waals surface area contributed by atoms with E-state index < -0.39 is 0 Å². The molecule has 0 bridgehead atoms. The van der Waals surface area contributed by atoms with E-state index in [9.17, 15) is 0 Å². The van der Waals surface area contributed by atoms with Crippen LogP contribution in [-0.2, 0) is 6.42 Å². The molecular weight excluding hydrogens is 242 g/mol. The van der Waals surface area contributed by atoms with E-state index in [1.165, 1.54) is 0 Å². The average molecular weight is 261 g/mol. The van der Waals surface area contributed by atoms with Gasteiger partial charge in [-0.25, -0.2) is 14.6 Å². The van der Waals surface area contributed by atoms with Crippen molar-refractivity contribution in [3.8, 4) is 5.88 Å². The van der Waals surface area contributed by atoms with Crippen LogP contribution in [0.4, 0.5) is 0 Å². The maximum Gasteiger partial charge on any atom is 0.217 e. The van der Waals surface area contributed by atoms with Crippen LogP contribution in [0.25, 0.3) is 0 Å². The van der Waals surface area contributed by atoms with Crippen LogP contribution in [0, 0.1) is 0 Å². The molecule has 2 rings (SSSR count). The van der Waals surface area contributed by atoms with Gasteiger partial charge in [0.1, 0.15) is 12.2 Å². The normalized spacial score (nSPS) is 12.7. The highest BCUT2D eigenvalue weighted by Crippen LogP contribution is 2.23. The number of hydrogen-bond donors (Lipinski definition) is 1. The maximum atomic E-state index is 6.23. The van der Waals surface area contributed by atoms with Crippen molar-refractivity contribution in [3.63, 3.8) is 0 Å². The molecule has 0 saturated heterocycles. The Morgan fingerprint density at radius 2 is 2.16 bits per heavy atom. The minimum Gasteiger partial charge on any atom is -0.481 e. The Morgan fingerprint density at radius 1 is 1.37 bits per heavy atom. The van der Waals surface area contributed by atoms with Crippen LogP contribution < -0.4 is 10.5 Å². The smallest absolute Gasteiger partial charge is 0.217 e. The Balaban J connectivity index is 2.21. The number of hydrogen-bond acceptors (Lipinski definition) is 5. The van der Waals surface area contributed by atoms with Crippen molar-refractivity contribution in [2.75, 3.05) is 7.11 Å². The highest BCUT2D eigenvalue weighted by molar-refractivity contribution is 5.29. The monoisotopic (exact) mass is 261 g/mol. The van der Waals surface area contributed by atoms with Gasteiger partial charge in [0.05, 0.1) is 7.11 Å². The predicted molar refractivity (Wildman–Crippen MR) is 71.8 cm³/mol. The van der Waals surface area contributed by atoms with E-state index in [0.717, 1.165) is 11.4 Å². The first-order chi connectivity index (χ1) is 9.13. The van der Waals surface area contributed by atoms with Gasteiger partial charge in [0, 0.05) is 30.3 Å². The Labute approximate surface area is 112 Å². The van der Waals surface area contributed by atoms with E-state index in [1.54, 1.807) is 19.6 Å². The molecule has 0 aromatic carbocycles. The lowest BCUT2D eigenvalue weighted by Crippen LogP contribution is -2.19. The molecule has 19 heavy (non-hydrogen) atoms. The van der Waals surface area contributed by atoms with Gasteiger partial charge in [-0.2, -0.15) is 5.10 Å². The topological polar surface area (TPSA) is 78.8 Å². The molecule has 0 aliphatic rings. The van der Waals surface area contributed by atoms with E-state index in [0.29, 0.717) is 12.3 Å². The van der Waals surface area contributed by atoms with Crippen LogP contribution in [0.1, 0.15) is 37.3 Å². The van der Waals surface area contributed by atoms with Gasteiger partial charge in [-0.05, 0) is 19.9 Å². The van der Waals surface area contributed by atoms with Crippen LogP contribution in [0.3, 0.4) is 0 Å². The molecule has 2 aromatic heterocycles. The summed E-state index contributed by atoms with van der Waals surface area (Å²) in [5, 5.41) is 4.21. The molecule has 6 heteroatoms. The fourth-order valence-electron chi connectivity index (χ4n) is 2.01. The summed E-state index contributed by atoms with van der Waals surface area (Å²) in [4.78, 5) is 8.43. The number of rotatable bonds is 5. The van der Waals surface area contributed by atoms with Crippen molar-refractivity contribution < 1.29 is 4.74 Å². The second-order valence-electron chi connectivity index (χ2n) is 4.63. The Hall–Kier alpha value is -1.95. The summed E-state index contributed by atoms with van der Waals surface area (Å²) >= 11 is 0. The summed E-state index contributed by atoms with van der Waals surface area (Å²) in [5.41, 5.74) is 7.11. The number of pyridine rings is 1. The molecule has 0 saturated carbocycles. The van der Waals surface area contributed by atoms with Gasteiger partial charge in [-0.1, -0.05) is 6.07 Å². The summed E-state index contributed by atoms with van der Waals surface area (Å²) in [6, 6.07) is 3.82. The van der Waals surface area contributed by atoms with Crippen LogP contribution in [-0.4, -0.2) is 26.9 Å². The van der Waals surface area contributed by atoms with Crippen LogP contribution >= 0.6 is 0 Å². The quantitative estimate of drug-likeness (QED) is 0.882. The zero-order valence-corrected chi connectivity index (χ0v) is 11.4. The van der Waals surface area contributed by atoms with Crippen LogP contribution in [0.2, 0.25) is 0 Å². The highest BCUT2D eigenvalue weighted by Gasteiger charge is 2.17. The molecule has 0 radical (unpaired) electrons. The predicted octanol–water partition coefficient (Wildman–Crippen LogP) is 1.51. The summed E-state index contributed by atoms with van der Waals surface area (Å²) in [6.07, 6.45) is 3.84. The second kappa shape index (κ2) is 5.79. The van der Waals surface area contributed by atoms with Gasteiger partial charge in [0.25, 0.3) is 0 Å². The van der Waals surface area contributed by atoms with Crippen LogP contribution in [0.5, 0.6) is 5.88 Å². The van der Waals surface area contributed by atoms with Crippen LogP contribution in [0.15, 0.2) is 24.7 Å². The molecule has 2 aromatic rings. The second-order valence-corrected chi connectivity index (χ2v) is 4.63. The Bertz CT molecular complexity index is 537. The maximum absolute atomic E-state index is 6.23. The fraction of sp³-hybridized carbons (Fsp3) is 0.462. The molecule has 0 fully saturated rings. The summed E-state index contributed by atoms with van der Waals surface area (Å²) in [7, 11) is 1.59. The van der Waals surface area contributed by atoms with Crippen molar-refractivity contribution in [2.24, 2.45) is 5.73 Å². The van der Waals surface area contributed by atoms with Crippen molar-refractivity contribution in [2.45, 2.75) is 32.4 Å². The number of ether oxygens (including phenoxy) is 1. The van der Waals surface area contributed by atoms with E-state index >= 15 is 0 Å². The first kappa shape index (κ1) is 13.5. The summed E-state index contributed by atoms with van der Waals surface area (Å²) in [5.74, 6) is 1.43. The molecule has 2 N–H and O–H groups in total. The van der Waals surface area contributed by atoms with E-state index in [4.69, 9.17) is 10.5 Å². The largest absolute Gasteiger partial charge is 0.481 e. The van der Waals surface area contributed by atoms with Crippen molar-refractivity contribution in [1.29, 1.82) is 0 Å². The average Bonchev–Trinajstić information content (AvgIpc) is 2.87. The van der Waals surface area contributed by atoms with Gasteiger partial charge in [-0.15, -0.1) is 0 Å². The van der Waals surface area contributed by atoms with E-state index in [1.807, 2.05) is 16.8 Å². The Morgan fingerprint density at radius 3 is 2.84 bits per heavy atom. The molecular formula is C13H19N5O. The number of nitrogens with two attached hydrogens (primary N) is 1. The molecule has 0 amide bonds. The van der Waals surface area contributed by atoms with E-state index in [2.05, 4.69) is 28.9 Å². The number of aromatic nitrogens is 4. The third-order valence-corrected chi connectivity index (χ3v) is 2.93. The minimum atomic E-state index is -0.217. The molecule has 1 atom stereocenters. The van der Waals surface area contributed by atoms with Gasteiger partial charge in [0.15, 0.2) is 0 Å². The standard InChI is InChI=1S/C13H19N5O/c1-9(2)18-12(16-8-17-18)7-11(14)10-5-4-6-15-13(10)19-3/h4-6,8-9,11H,7,14H2,1-3H3. The molecule has 6 nitrogen and oxygen atoms in total. The van der Waals surface area contributed by atoms with Crippen molar-refractivity contribution >= 4 is 0 Å². The third-order valence-electron chi connectivity index (χ3n) is 2.93. The number of nitrogens with zero attached hydrogens (tertiary/aromatic N) is 4. The van der Waals surface area contributed by atoms with Gasteiger partial charge in [0.2, 0.25) is 5.88 Å². The van der Waals surface area contributed by atoms with Gasteiger partial charge < -0.3 is 10.5 Å². The SMILES string of the molecule is COc1ncccc1C(N)Cc1ncnn1C(C)C. The molecule has 0 aliphatic carbocycles. The zero-order valence-electron chi connectivity index (χ0n) is 11.4. The molecule has 1 unspecified atom stereocenters. The minimum absolute atomic E-state index is 0.217. The van der Waals surface area contributed by atoms with Crippen molar-refractivity contribution in [1.82, 2.24) is 19.7 Å². The highest BCUT2D eigenvalue weighted by atomic mass is 16.5. The fourth-order valence-corrected chi connectivity index (χ4v) is 2.01. The third kappa shape index (κ3) is 2.90. The lowest BCUT2D eigenvalue weighted by atomic mass is 10.1. The lowest BCUT2D eigenvalue weighted by Gasteiger charge is -2.15. The van der Waals surface area contributed by atoms with Gasteiger partial charge >= 0.3 is 0 Å². The molecule has 0 spiro atoms. The summed E-state index contributed by atoms with van der Waals surface area (Å²) < 4.78 is 7.11. The van der Waals surface area contributed by atoms with Crippen molar-refractivity contribution in [3.05, 3.63) is 36.0 Å². The molecule has 102 valence electrons.